The third kappa shape index (κ3) is 2.45. The van der Waals surface area contributed by atoms with Crippen molar-refractivity contribution in [3.63, 3.8) is 0 Å². The molecule has 94 valence electrons. The summed E-state index contributed by atoms with van der Waals surface area (Å²) in [6.07, 6.45) is 3.36. The minimum atomic E-state index is 0.185. The van der Waals surface area contributed by atoms with Gasteiger partial charge in [-0.05, 0) is 30.4 Å². The average molecular weight is 234 g/mol. The standard InChI is InChI=1S/C14H22N2O/c1-3-11-6-5-7-12(4-2)14(11)16-9-8-13(10-16)17-15/h5-7,13H,3-4,8-10,15H2,1-2H3. The molecule has 0 amide bonds. The Hall–Kier alpha value is -1.06. The topological polar surface area (TPSA) is 38.5 Å². The quantitative estimate of drug-likeness (QED) is 0.812. The Bertz CT molecular complexity index is 356. The Morgan fingerprint density at radius 2 is 1.94 bits per heavy atom. The molecule has 1 atom stereocenters. The first-order valence-corrected chi connectivity index (χ1v) is 6.51. The van der Waals surface area contributed by atoms with Crippen LogP contribution in [-0.2, 0) is 17.7 Å². The van der Waals surface area contributed by atoms with Gasteiger partial charge in [0.05, 0.1) is 6.10 Å². The number of hydrogen-bond acceptors (Lipinski definition) is 3. The third-order valence-electron chi connectivity index (χ3n) is 3.62. The van der Waals surface area contributed by atoms with Gasteiger partial charge in [-0.15, -0.1) is 0 Å². The maximum Gasteiger partial charge on any atom is 0.0978 e. The van der Waals surface area contributed by atoms with Gasteiger partial charge in [0.1, 0.15) is 0 Å². The predicted octanol–water partition coefficient (Wildman–Crippen LogP) is 2.28. The van der Waals surface area contributed by atoms with Crippen molar-refractivity contribution in [2.45, 2.75) is 39.2 Å². The Labute approximate surface area is 104 Å². The zero-order valence-corrected chi connectivity index (χ0v) is 10.8. The molecular weight excluding hydrogens is 212 g/mol. The summed E-state index contributed by atoms with van der Waals surface area (Å²) in [5.74, 6) is 5.29. The number of rotatable bonds is 4. The summed E-state index contributed by atoms with van der Waals surface area (Å²) in [6, 6.07) is 6.62. The van der Waals surface area contributed by atoms with Gasteiger partial charge in [0.2, 0.25) is 0 Å². The lowest BCUT2D eigenvalue weighted by molar-refractivity contribution is 0.0690. The number of aryl methyl sites for hydroxylation is 2. The van der Waals surface area contributed by atoms with E-state index in [1.807, 2.05) is 0 Å². The molecule has 1 aromatic carbocycles. The van der Waals surface area contributed by atoms with E-state index in [0.29, 0.717) is 0 Å². The molecule has 2 N–H and O–H groups in total. The summed E-state index contributed by atoms with van der Waals surface area (Å²) < 4.78 is 0. The molecular formula is C14H22N2O. The van der Waals surface area contributed by atoms with Crippen molar-refractivity contribution in [2.75, 3.05) is 18.0 Å². The summed E-state index contributed by atoms with van der Waals surface area (Å²) in [5, 5.41) is 0. The van der Waals surface area contributed by atoms with Crippen LogP contribution in [0.5, 0.6) is 0 Å². The fourth-order valence-electron chi connectivity index (χ4n) is 2.66. The average Bonchev–Trinajstić information content (AvgIpc) is 2.86. The maximum absolute atomic E-state index is 5.29. The third-order valence-corrected chi connectivity index (χ3v) is 3.62. The Balaban J connectivity index is 2.30. The number of para-hydroxylation sites is 1. The number of nitrogens with two attached hydrogens (primary N) is 1. The van der Waals surface area contributed by atoms with Crippen molar-refractivity contribution in [3.05, 3.63) is 29.3 Å². The van der Waals surface area contributed by atoms with E-state index in [1.165, 1.54) is 16.8 Å². The zero-order chi connectivity index (χ0) is 12.3. The molecule has 1 fully saturated rings. The lowest BCUT2D eigenvalue weighted by atomic mass is 10.0. The van der Waals surface area contributed by atoms with Crippen LogP contribution in [0.2, 0.25) is 0 Å². The molecule has 2 rings (SSSR count). The highest BCUT2D eigenvalue weighted by atomic mass is 16.6. The van der Waals surface area contributed by atoms with E-state index in [9.17, 15) is 0 Å². The van der Waals surface area contributed by atoms with Gasteiger partial charge in [-0.1, -0.05) is 32.0 Å². The van der Waals surface area contributed by atoms with E-state index in [2.05, 4.69) is 36.9 Å². The van der Waals surface area contributed by atoms with Crippen molar-refractivity contribution in [2.24, 2.45) is 5.90 Å². The van der Waals surface area contributed by atoms with Crippen LogP contribution in [0.1, 0.15) is 31.4 Å². The summed E-state index contributed by atoms with van der Waals surface area (Å²) >= 11 is 0. The molecule has 1 aliphatic heterocycles. The Kier molecular flexibility index (Phi) is 4.02. The minimum absolute atomic E-state index is 0.185. The predicted molar refractivity (Wildman–Crippen MR) is 71.1 cm³/mol. The fraction of sp³-hybridized carbons (Fsp3) is 0.571. The Morgan fingerprint density at radius 1 is 1.29 bits per heavy atom. The lowest BCUT2D eigenvalue weighted by Crippen LogP contribution is -2.26. The highest BCUT2D eigenvalue weighted by Crippen LogP contribution is 2.30. The zero-order valence-electron chi connectivity index (χ0n) is 10.8. The summed E-state index contributed by atoms with van der Waals surface area (Å²) in [4.78, 5) is 7.39. The fourth-order valence-corrected chi connectivity index (χ4v) is 2.66. The summed E-state index contributed by atoms with van der Waals surface area (Å²) in [5.41, 5.74) is 4.28. The maximum atomic E-state index is 5.29. The van der Waals surface area contributed by atoms with Gasteiger partial charge < -0.3 is 4.90 Å². The van der Waals surface area contributed by atoms with Crippen LogP contribution >= 0.6 is 0 Å². The van der Waals surface area contributed by atoms with Crippen LogP contribution in [0.25, 0.3) is 0 Å². The van der Waals surface area contributed by atoms with E-state index >= 15 is 0 Å². The monoisotopic (exact) mass is 234 g/mol. The molecule has 0 aliphatic carbocycles. The van der Waals surface area contributed by atoms with Crippen LogP contribution in [-0.4, -0.2) is 19.2 Å². The molecule has 1 aliphatic rings. The van der Waals surface area contributed by atoms with E-state index in [1.54, 1.807) is 0 Å². The van der Waals surface area contributed by atoms with E-state index in [0.717, 1.165) is 32.4 Å². The normalized spacial score (nSPS) is 19.9. The van der Waals surface area contributed by atoms with Crippen LogP contribution in [0.4, 0.5) is 5.69 Å². The molecule has 1 saturated heterocycles. The molecule has 0 radical (unpaired) electrons. The van der Waals surface area contributed by atoms with Gasteiger partial charge in [0.15, 0.2) is 0 Å². The van der Waals surface area contributed by atoms with E-state index < -0.39 is 0 Å². The van der Waals surface area contributed by atoms with Crippen molar-refractivity contribution >= 4 is 5.69 Å². The van der Waals surface area contributed by atoms with Crippen molar-refractivity contribution in [1.82, 2.24) is 0 Å². The highest BCUT2D eigenvalue weighted by molar-refractivity contribution is 5.60. The molecule has 3 nitrogen and oxygen atoms in total. The van der Waals surface area contributed by atoms with Gasteiger partial charge in [0, 0.05) is 18.8 Å². The van der Waals surface area contributed by atoms with Crippen LogP contribution in [0.15, 0.2) is 18.2 Å². The molecule has 3 heteroatoms. The number of anilines is 1. The number of benzene rings is 1. The second kappa shape index (κ2) is 5.52. The second-order valence-electron chi connectivity index (χ2n) is 4.62. The molecule has 1 heterocycles. The first kappa shape index (κ1) is 12.4. The first-order chi connectivity index (χ1) is 8.30. The molecule has 1 aromatic rings. The number of hydrogen-bond donors (Lipinski definition) is 1. The summed E-state index contributed by atoms with van der Waals surface area (Å²) in [7, 11) is 0. The van der Waals surface area contributed by atoms with E-state index in [4.69, 9.17) is 10.7 Å². The molecule has 0 saturated carbocycles. The first-order valence-electron chi connectivity index (χ1n) is 6.51. The SMILES string of the molecule is CCc1cccc(CC)c1N1CCC(ON)C1. The van der Waals surface area contributed by atoms with Gasteiger partial charge in [0.25, 0.3) is 0 Å². The Morgan fingerprint density at radius 3 is 2.41 bits per heavy atom. The second-order valence-corrected chi connectivity index (χ2v) is 4.62. The van der Waals surface area contributed by atoms with Gasteiger partial charge in [-0.2, -0.15) is 0 Å². The van der Waals surface area contributed by atoms with Crippen molar-refractivity contribution in [3.8, 4) is 0 Å². The van der Waals surface area contributed by atoms with Gasteiger partial charge >= 0.3 is 0 Å². The lowest BCUT2D eigenvalue weighted by Gasteiger charge is -2.24. The van der Waals surface area contributed by atoms with E-state index in [-0.39, 0.29) is 6.10 Å². The van der Waals surface area contributed by atoms with Gasteiger partial charge in [-0.3, -0.25) is 4.84 Å². The molecule has 1 unspecified atom stereocenters. The van der Waals surface area contributed by atoms with Crippen molar-refractivity contribution < 1.29 is 4.84 Å². The number of nitrogens with zero attached hydrogens (tertiary/aromatic N) is 1. The van der Waals surface area contributed by atoms with Gasteiger partial charge in [-0.25, -0.2) is 5.90 Å². The largest absolute Gasteiger partial charge is 0.368 e. The van der Waals surface area contributed by atoms with Crippen LogP contribution in [0.3, 0.4) is 0 Å². The molecule has 0 aromatic heterocycles. The van der Waals surface area contributed by atoms with Crippen LogP contribution in [0, 0.1) is 0 Å². The minimum Gasteiger partial charge on any atom is -0.368 e. The smallest absolute Gasteiger partial charge is 0.0978 e. The highest BCUT2D eigenvalue weighted by Gasteiger charge is 2.25. The van der Waals surface area contributed by atoms with Crippen molar-refractivity contribution in [1.29, 1.82) is 0 Å². The molecule has 0 spiro atoms. The molecule has 0 bridgehead atoms. The molecule has 17 heavy (non-hydrogen) atoms. The summed E-state index contributed by atoms with van der Waals surface area (Å²) in [6.45, 7) is 6.39. The van der Waals surface area contributed by atoms with Crippen LogP contribution < -0.4 is 10.8 Å².